The van der Waals surface area contributed by atoms with Gasteiger partial charge in [0, 0.05) is 10.4 Å². The number of phenols is 1. The first-order valence-electron chi connectivity index (χ1n) is 8.69. The minimum atomic E-state index is -0.548. The summed E-state index contributed by atoms with van der Waals surface area (Å²) in [6, 6.07) is 7.85. The fraction of sp³-hybridized carbons (Fsp3) is 0.381. The molecule has 0 aliphatic carbocycles. The molecular weight excluding hydrogens is 451 g/mol. The van der Waals surface area contributed by atoms with Gasteiger partial charge in [-0.25, -0.2) is 4.79 Å². The fourth-order valence-corrected chi connectivity index (χ4v) is 3.99. The highest BCUT2D eigenvalue weighted by atomic mass is 79.9. The van der Waals surface area contributed by atoms with Gasteiger partial charge in [-0.3, -0.25) is 0 Å². The van der Waals surface area contributed by atoms with Crippen LogP contribution in [0.2, 0.25) is 0 Å². The number of aromatic hydroxyl groups is 1. The summed E-state index contributed by atoms with van der Waals surface area (Å²) in [4.78, 5) is 12.3. The Labute approximate surface area is 178 Å². The van der Waals surface area contributed by atoms with Crippen LogP contribution < -0.4 is 0 Å². The predicted molar refractivity (Wildman–Crippen MR) is 114 cm³/mol. The number of esters is 1. The quantitative estimate of drug-likeness (QED) is 0.381. The van der Waals surface area contributed by atoms with Crippen LogP contribution in [0.4, 0.5) is 0 Å². The van der Waals surface area contributed by atoms with E-state index in [2.05, 4.69) is 15.9 Å². The maximum absolute atomic E-state index is 12.3. The number of carbonyl (C=O) groups is 1. The first-order valence-corrected chi connectivity index (χ1v) is 10.5. The Morgan fingerprint density at radius 3 is 2.37 bits per heavy atom. The molecule has 0 aliphatic heterocycles. The van der Waals surface area contributed by atoms with E-state index in [0.29, 0.717) is 30.7 Å². The van der Waals surface area contributed by atoms with Gasteiger partial charge in [-0.05, 0) is 73.1 Å². The van der Waals surface area contributed by atoms with Crippen molar-refractivity contribution >= 4 is 45.1 Å². The fourth-order valence-electron chi connectivity index (χ4n) is 3.30. The lowest BCUT2D eigenvalue weighted by Gasteiger charge is -2.21. The minimum absolute atomic E-state index is 0.0134. The van der Waals surface area contributed by atoms with Crippen LogP contribution in [0.1, 0.15) is 50.0 Å². The number of hydrogen-bond donors (Lipinski definition) is 1. The lowest BCUT2D eigenvalue weighted by atomic mass is 9.87. The highest BCUT2D eigenvalue weighted by Crippen LogP contribution is 2.37. The van der Waals surface area contributed by atoms with Crippen LogP contribution in [0, 0.1) is 13.8 Å². The summed E-state index contributed by atoms with van der Waals surface area (Å²) in [6.45, 7) is 3.78. The normalized spacial score (nSPS) is 12.1. The van der Waals surface area contributed by atoms with E-state index < -0.39 is 5.97 Å². The maximum Gasteiger partial charge on any atom is 0.341 e. The molecular formula is C21H23BrCl2O3. The Kier molecular flexibility index (Phi) is 8.02. The summed E-state index contributed by atoms with van der Waals surface area (Å²) in [7, 11) is 1.31. The molecule has 0 heterocycles. The van der Waals surface area contributed by atoms with Crippen molar-refractivity contribution in [3.8, 4) is 5.75 Å². The van der Waals surface area contributed by atoms with Gasteiger partial charge in [0.25, 0.3) is 0 Å². The van der Waals surface area contributed by atoms with Crippen molar-refractivity contribution in [3.05, 3.63) is 62.1 Å². The van der Waals surface area contributed by atoms with Gasteiger partial charge in [0.2, 0.25) is 0 Å². The number of carbonyl (C=O) groups excluding carboxylic acids is 1. The SMILES string of the molecule is COC(=O)c1c(C)c(CC(Cl)c2ccc(Br)cc2)c(C)c(CCCCl)c1O. The highest BCUT2D eigenvalue weighted by Gasteiger charge is 2.25. The summed E-state index contributed by atoms with van der Waals surface area (Å²) < 4.78 is 5.88. The molecule has 0 radical (unpaired) electrons. The second-order valence-electron chi connectivity index (χ2n) is 6.44. The number of hydrogen-bond acceptors (Lipinski definition) is 3. The zero-order valence-electron chi connectivity index (χ0n) is 15.6. The van der Waals surface area contributed by atoms with Crippen molar-refractivity contribution in [2.24, 2.45) is 0 Å². The first-order chi connectivity index (χ1) is 12.8. The molecule has 27 heavy (non-hydrogen) atoms. The van der Waals surface area contributed by atoms with Gasteiger partial charge in [0.1, 0.15) is 11.3 Å². The number of alkyl halides is 2. The largest absolute Gasteiger partial charge is 0.507 e. The highest BCUT2D eigenvalue weighted by molar-refractivity contribution is 9.10. The molecule has 0 fully saturated rings. The molecule has 0 saturated heterocycles. The second kappa shape index (κ2) is 9.81. The van der Waals surface area contributed by atoms with Crippen molar-refractivity contribution < 1.29 is 14.6 Å². The van der Waals surface area contributed by atoms with E-state index in [9.17, 15) is 9.90 Å². The van der Waals surface area contributed by atoms with E-state index >= 15 is 0 Å². The van der Waals surface area contributed by atoms with Crippen LogP contribution in [-0.2, 0) is 17.6 Å². The molecule has 2 rings (SSSR count). The van der Waals surface area contributed by atoms with Gasteiger partial charge in [-0.1, -0.05) is 28.1 Å². The molecule has 146 valence electrons. The Morgan fingerprint density at radius 2 is 1.81 bits per heavy atom. The van der Waals surface area contributed by atoms with E-state index in [1.54, 1.807) is 0 Å². The van der Waals surface area contributed by atoms with E-state index in [-0.39, 0.29) is 16.7 Å². The monoisotopic (exact) mass is 472 g/mol. The number of methoxy groups -OCH3 is 1. The Hall–Kier alpha value is -1.23. The van der Waals surface area contributed by atoms with Crippen LogP contribution >= 0.6 is 39.1 Å². The topological polar surface area (TPSA) is 46.5 Å². The number of halogens is 3. The summed E-state index contributed by atoms with van der Waals surface area (Å²) in [5.41, 5.74) is 4.55. The van der Waals surface area contributed by atoms with Gasteiger partial charge in [0.05, 0.1) is 12.5 Å². The van der Waals surface area contributed by atoms with E-state index in [0.717, 1.165) is 26.7 Å². The van der Waals surface area contributed by atoms with E-state index in [1.165, 1.54) is 7.11 Å². The minimum Gasteiger partial charge on any atom is -0.507 e. The van der Waals surface area contributed by atoms with Crippen LogP contribution in [0.5, 0.6) is 5.75 Å². The number of rotatable bonds is 7. The molecule has 0 amide bonds. The standard InChI is InChI=1S/C21H23BrCl2O3/c1-12-16(5-4-10-23)20(25)19(21(26)27-3)13(2)17(12)11-18(24)14-6-8-15(22)9-7-14/h6-9,18,25H,4-5,10-11H2,1-3H3. The summed E-state index contributed by atoms with van der Waals surface area (Å²) in [5, 5.41) is 10.4. The third-order valence-corrected chi connectivity index (χ3v) is 6.02. The van der Waals surface area contributed by atoms with Crippen LogP contribution in [0.3, 0.4) is 0 Å². The number of ether oxygens (including phenoxy) is 1. The van der Waals surface area contributed by atoms with Crippen LogP contribution in [-0.4, -0.2) is 24.1 Å². The summed E-state index contributed by atoms with van der Waals surface area (Å²) in [5.74, 6) is -0.0826. The van der Waals surface area contributed by atoms with Gasteiger partial charge in [-0.15, -0.1) is 23.2 Å². The molecule has 0 saturated carbocycles. The summed E-state index contributed by atoms with van der Waals surface area (Å²) in [6.07, 6.45) is 1.83. The lowest BCUT2D eigenvalue weighted by molar-refractivity contribution is 0.0596. The molecule has 0 aliphatic rings. The van der Waals surface area contributed by atoms with Crippen molar-refractivity contribution in [3.63, 3.8) is 0 Å². The molecule has 1 unspecified atom stereocenters. The van der Waals surface area contributed by atoms with Crippen LogP contribution in [0.25, 0.3) is 0 Å². The van der Waals surface area contributed by atoms with Crippen molar-refractivity contribution in [1.82, 2.24) is 0 Å². The molecule has 1 N–H and O–H groups in total. The Balaban J connectivity index is 2.53. The molecule has 1 atom stereocenters. The van der Waals surface area contributed by atoms with Gasteiger partial charge >= 0.3 is 5.97 Å². The van der Waals surface area contributed by atoms with Crippen molar-refractivity contribution in [2.75, 3.05) is 13.0 Å². The predicted octanol–water partition coefficient (Wildman–Crippen LogP) is 6.25. The molecule has 6 heteroatoms. The number of benzene rings is 2. The molecule has 2 aromatic carbocycles. The van der Waals surface area contributed by atoms with Crippen LogP contribution in [0.15, 0.2) is 28.7 Å². The average molecular weight is 474 g/mol. The van der Waals surface area contributed by atoms with Gasteiger partial charge in [0.15, 0.2) is 0 Å². The number of phenolic OH excluding ortho intramolecular Hbond substituents is 1. The zero-order valence-corrected chi connectivity index (χ0v) is 18.7. The third kappa shape index (κ3) is 4.98. The van der Waals surface area contributed by atoms with Crippen molar-refractivity contribution in [1.29, 1.82) is 0 Å². The van der Waals surface area contributed by atoms with Gasteiger partial charge < -0.3 is 9.84 Å². The second-order valence-corrected chi connectivity index (χ2v) is 8.26. The summed E-state index contributed by atoms with van der Waals surface area (Å²) >= 11 is 15.9. The smallest absolute Gasteiger partial charge is 0.341 e. The molecule has 2 aromatic rings. The van der Waals surface area contributed by atoms with E-state index in [1.807, 2.05) is 38.1 Å². The molecule has 0 spiro atoms. The first kappa shape index (κ1) is 22.1. The molecule has 0 bridgehead atoms. The van der Waals surface area contributed by atoms with Gasteiger partial charge in [-0.2, -0.15) is 0 Å². The van der Waals surface area contributed by atoms with E-state index in [4.69, 9.17) is 27.9 Å². The Bertz CT molecular complexity index is 819. The maximum atomic E-state index is 12.3. The lowest BCUT2D eigenvalue weighted by Crippen LogP contribution is -2.12. The third-order valence-electron chi connectivity index (χ3n) is 4.82. The Morgan fingerprint density at radius 1 is 1.19 bits per heavy atom. The zero-order chi connectivity index (χ0) is 20.1. The molecule has 3 nitrogen and oxygen atoms in total. The van der Waals surface area contributed by atoms with Crippen molar-refractivity contribution in [2.45, 2.75) is 38.5 Å². The average Bonchev–Trinajstić information content (AvgIpc) is 2.65. The molecule has 0 aromatic heterocycles.